The first-order valence-electron chi connectivity index (χ1n) is 10.7. The maximum Gasteiger partial charge on any atom is 0.255 e. The Labute approximate surface area is 172 Å². The van der Waals surface area contributed by atoms with Crippen molar-refractivity contribution in [3.63, 3.8) is 0 Å². The van der Waals surface area contributed by atoms with Gasteiger partial charge in [0.25, 0.3) is 5.91 Å². The number of benzene rings is 1. The van der Waals surface area contributed by atoms with Crippen LogP contribution in [0.5, 0.6) is 0 Å². The fraction of sp³-hybridized carbons (Fsp3) is 0.500. The Morgan fingerprint density at radius 2 is 1.90 bits per heavy atom. The van der Waals surface area contributed by atoms with Crippen molar-refractivity contribution in [1.29, 1.82) is 0 Å². The predicted molar refractivity (Wildman–Crippen MR) is 115 cm³/mol. The molecule has 2 saturated heterocycles. The van der Waals surface area contributed by atoms with Gasteiger partial charge < -0.3 is 14.4 Å². The number of carbonyl (C=O) groups excluding carboxylic acids is 1. The van der Waals surface area contributed by atoms with Gasteiger partial charge in [-0.25, -0.2) is 0 Å². The standard InChI is InChI=1S/C24H31N3O2/c1-3-13-26-15-21-16-27(23(29)20-9-10-22(28)25(2)14-20)18-24(21,17-26)12-11-19-7-5-4-6-8-19/h4-10,14,21H,3,11-13,15-18H2,1-2H3. The van der Waals surface area contributed by atoms with Gasteiger partial charge in [-0.15, -0.1) is 0 Å². The van der Waals surface area contributed by atoms with Crippen molar-refractivity contribution < 1.29 is 4.79 Å². The summed E-state index contributed by atoms with van der Waals surface area (Å²) >= 11 is 0. The molecule has 1 aromatic carbocycles. The highest BCUT2D eigenvalue weighted by atomic mass is 16.2. The van der Waals surface area contributed by atoms with E-state index in [1.165, 1.54) is 22.6 Å². The number of carbonyl (C=O) groups is 1. The zero-order valence-corrected chi connectivity index (χ0v) is 17.5. The minimum Gasteiger partial charge on any atom is -0.338 e. The number of aryl methyl sites for hydroxylation is 2. The number of likely N-dealkylation sites (tertiary alicyclic amines) is 2. The topological polar surface area (TPSA) is 45.6 Å². The number of pyridine rings is 1. The van der Waals surface area contributed by atoms with Crippen molar-refractivity contribution in [2.24, 2.45) is 18.4 Å². The van der Waals surface area contributed by atoms with E-state index < -0.39 is 0 Å². The fourth-order valence-corrected chi connectivity index (χ4v) is 5.23. The highest BCUT2D eigenvalue weighted by molar-refractivity contribution is 5.94. The lowest BCUT2D eigenvalue weighted by molar-refractivity contribution is 0.0755. The third kappa shape index (κ3) is 4.01. The minimum atomic E-state index is -0.0885. The zero-order chi connectivity index (χ0) is 20.4. The fourth-order valence-electron chi connectivity index (χ4n) is 5.23. The highest BCUT2D eigenvalue weighted by Crippen LogP contribution is 2.46. The van der Waals surface area contributed by atoms with Crippen molar-refractivity contribution in [1.82, 2.24) is 14.4 Å². The van der Waals surface area contributed by atoms with Crippen LogP contribution in [0, 0.1) is 11.3 Å². The van der Waals surface area contributed by atoms with Gasteiger partial charge in [0, 0.05) is 50.9 Å². The molecule has 2 fully saturated rings. The first-order valence-corrected chi connectivity index (χ1v) is 10.7. The molecule has 2 aliphatic heterocycles. The van der Waals surface area contributed by atoms with Gasteiger partial charge in [-0.2, -0.15) is 0 Å². The van der Waals surface area contributed by atoms with E-state index in [9.17, 15) is 9.59 Å². The van der Waals surface area contributed by atoms with Crippen molar-refractivity contribution in [2.45, 2.75) is 26.2 Å². The normalized spacial score (nSPS) is 24.1. The van der Waals surface area contributed by atoms with Crippen molar-refractivity contribution in [3.8, 4) is 0 Å². The molecule has 0 N–H and O–H groups in total. The Morgan fingerprint density at radius 3 is 2.62 bits per heavy atom. The van der Waals surface area contributed by atoms with Gasteiger partial charge in [-0.1, -0.05) is 37.3 Å². The van der Waals surface area contributed by atoms with Crippen LogP contribution >= 0.6 is 0 Å². The van der Waals surface area contributed by atoms with Gasteiger partial charge in [-0.05, 0) is 43.4 Å². The van der Waals surface area contributed by atoms with E-state index in [4.69, 9.17) is 0 Å². The van der Waals surface area contributed by atoms with Crippen LogP contribution in [0.4, 0.5) is 0 Å². The van der Waals surface area contributed by atoms with Crippen molar-refractivity contribution in [2.75, 3.05) is 32.7 Å². The van der Waals surface area contributed by atoms with Crippen LogP contribution in [-0.2, 0) is 13.5 Å². The van der Waals surface area contributed by atoms with Gasteiger partial charge in [0.05, 0.1) is 5.56 Å². The van der Waals surface area contributed by atoms with Gasteiger partial charge in [0.2, 0.25) is 5.56 Å². The summed E-state index contributed by atoms with van der Waals surface area (Å²) in [6.07, 6.45) is 5.00. The van der Waals surface area contributed by atoms with Crippen LogP contribution in [0.2, 0.25) is 0 Å². The van der Waals surface area contributed by atoms with Crippen LogP contribution in [0.3, 0.4) is 0 Å². The van der Waals surface area contributed by atoms with Gasteiger partial charge >= 0.3 is 0 Å². The quantitative estimate of drug-likeness (QED) is 0.758. The third-order valence-corrected chi connectivity index (χ3v) is 6.74. The smallest absolute Gasteiger partial charge is 0.255 e. The summed E-state index contributed by atoms with van der Waals surface area (Å²) < 4.78 is 1.48. The molecule has 154 valence electrons. The molecule has 29 heavy (non-hydrogen) atoms. The number of fused-ring (bicyclic) bond motifs is 1. The minimum absolute atomic E-state index is 0.0520. The van der Waals surface area contributed by atoms with E-state index in [0.29, 0.717) is 11.5 Å². The molecule has 3 heterocycles. The lowest BCUT2D eigenvalue weighted by atomic mass is 9.76. The molecular formula is C24H31N3O2. The third-order valence-electron chi connectivity index (χ3n) is 6.74. The molecule has 5 nitrogen and oxygen atoms in total. The monoisotopic (exact) mass is 393 g/mol. The second kappa shape index (κ2) is 8.15. The zero-order valence-electron chi connectivity index (χ0n) is 17.5. The number of hydrogen-bond donors (Lipinski definition) is 0. The lowest BCUT2D eigenvalue weighted by Gasteiger charge is -2.30. The molecule has 0 saturated carbocycles. The van der Waals surface area contributed by atoms with Crippen LogP contribution in [0.1, 0.15) is 35.7 Å². The number of rotatable bonds is 6. The van der Waals surface area contributed by atoms with E-state index in [2.05, 4.69) is 42.2 Å². The second-order valence-electron chi connectivity index (χ2n) is 8.83. The Morgan fingerprint density at radius 1 is 1.10 bits per heavy atom. The molecule has 0 spiro atoms. The molecule has 5 heteroatoms. The molecule has 4 rings (SSSR count). The van der Waals surface area contributed by atoms with Crippen molar-refractivity contribution >= 4 is 5.91 Å². The van der Waals surface area contributed by atoms with Crippen LogP contribution in [0.15, 0.2) is 53.5 Å². The van der Waals surface area contributed by atoms with Crippen molar-refractivity contribution in [3.05, 3.63) is 70.1 Å². The Kier molecular flexibility index (Phi) is 5.59. The summed E-state index contributed by atoms with van der Waals surface area (Å²) in [5.41, 5.74) is 2.06. The summed E-state index contributed by atoms with van der Waals surface area (Å²) in [6.45, 7) is 7.16. The number of nitrogens with zero attached hydrogens (tertiary/aromatic N) is 3. The molecule has 1 aromatic heterocycles. The predicted octanol–water partition coefficient (Wildman–Crippen LogP) is 2.80. The second-order valence-corrected chi connectivity index (χ2v) is 8.83. The van der Waals surface area contributed by atoms with E-state index in [0.717, 1.165) is 45.6 Å². The van der Waals surface area contributed by atoms with E-state index in [-0.39, 0.29) is 16.9 Å². The van der Waals surface area contributed by atoms with Crippen LogP contribution in [0.25, 0.3) is 0 Å². The maximum atomic E-state index is 13.2. The molecule has 0 radical (unpaired) electrons. The first kappa shape index (κ1) is 19.9. The number of amides is 1. The van der Waals surface area contributed by atoms with Crippen LogP contribution < -0.4 is 5.56 Å². The van der Waals surface area contributed by atoms with Crippen LogP contribution in [-0.4, -0.2) is 53.0 Å². The Bertz CT molecular complexity index is 923. The van der Waals surface area contributed by atoms with Gasteiger partial charge in [0.1, 0.15) is 0 Å². The van der Waals surface area contributed by atoms with E-state index in [1.807, 2.05) is 4.90 Å². The highest BCUT2D eigenvalue weighted by Gasteiger charge is 2.52. The summed E-state index contributed by atoms with van der Waals surface area (Å²) in [5, 5.41) is 0. The van der Waals surface area contributed by atoms with E-state index in [1.54, 1.807) is 19.3 Å². The van der Waals surface area contributed by atoms with Gasteiger partial charge in [-0.3, -0.25) is 9.59 Å². The molecule has 2 aliphatic rings. The molecule has 0 bridgehead atoms. The molecule has 2 unspecified atom stereocenters. The average molecular weight is 394 g/mol. The summed E-state index contributed by atoms with van der Waals surface area (Å²) in [6, 6.07) is 13.8. The Hall–Kier alpha value is -2.40. The summed E-state index contributed by atoms with van der Waals surface area (Å²) in [4.78, 5) is 29.5. The Balaban J connectivity index is 1.52. The average Bonchev–Trinajstić information content (AvgIpc) is 3.23. The van der Waals surface area contributed by atoms with Gasteiger partial charge in [0.15, 0.2) is 0 Å². The first-order chi connectivity index (χ1) is 14.0. The molecular weight excluding hydrogens is 362 g/mol. The molecule has 2 atom stereocenters. The molecule has 2 aromatic rings. The maximum absolute atomic E-state index is 13.2. The number of aromatic nitrogens is 1. The largest absolute Gasteiger partial charge is 0.338 e. The molecule has 1 amide bonds. The SMILES string of the molecule is CCCN1CC2CN(C(=O)c3ccc(=O)n(C)c3)CC2(CCc2ccccc2)C1. The van der Waals surface area contributed by atoms with E-state index >= 15 is 0 Å². The summed E-state index contributed by atoms with van der Waals surface area (Å²) in [7, 11) is 1.70. The lowest BCUT2D eigenvalue weighted by Crippen LogP contribution is -2.37. The number of hydrogen-bond acceptors (Lipinski definition) is 3. The summed E-state index contributed by atoms with van der Waals surface area (Å²) in [5.74, 6) is 0.574. The molecule has 0 aliphatic carbocycles.